The molecule has 3 unspecified atom stereocenters. The molecule has 42 valence electrons. The molecule has 0 amide bonds. The molecule has 0 nitrogen and oxygen atoms in total. The molecule has 0 aromatic carbocycles. The zero-order valence-corrected chi connectivity index (χ0v) is 4.98. The van der Waals surface area contributed by atoms with Gasteiger partial charge in [0.25, 0.3) is 0 Å². The Labute approximate surface area is 49.3 Å². The summed E-state index contributed by atoms with van der Waals surface area (Å²) in [5.41, 5.74) is 2.11. The van der Waals surface area contributed by atoms with Crippen molar-refractivity contribution in [3.05, 3.63) is 0 Å². The fraction of sp³-hybridized carbons (Fsp3) is 1.00. The van der Waals surface area contributed by atoms with E-state index in [-0.39, 0.29) is 0 Å². The third kappa shape index (κ3) is 0.0986. The second kappa shape index (κ2) is 0.521. The maximum atomic E-state index is 1.66. The third-order valence-electron chi connectivity index (χ3n) is 4.76. The summed E-state index contributed by atoms with van der Waals surface area (Å²) in [6, 6.07) is 0. The summed E-state index contributed by atoms with van der Waals surface area (Å²) in [6.07, 6.45) is 6.53. The van der Waals surface area contributed by atoms with Crippen LogP contribution in [0.5, 0.6) is 0 Å². The molecule has 0 aliphatic heterocycles. The zero-order chi connectivity index (χ0) is 4.98. The molecule has 0 N–H and O–H groups in total. The third-order valence-corrected chi connectivity index (χ3v) is 4.76. The molecule has 4 aliphatic carbocycles. The second-order valence-electron chi connectivity index (χ2n) is 4.40. The SMILES string of the molecule is C1CC2C34C[C@@]23CC14. The van der Waals surface area contributed by atoms with Gasteiger partial charge in [0.05, 0.1) is 0 Å². The lowest BCUT2D eigenvalue weighted by Crippen LogP contribution is -2.14. The minimum Gasteiger partial charge on any atom is -0.0496 e. The van der Waals surface area contributed by atoms with Crippen LogP contribution >= 0.6 is 0 Å². The van der Waals surface area contributed by atoms with Crippen molar-refractivity contribution >= 4 is 0 Å². The van der Waals surface area contributed by atoms with Crippen molar-refractivity contribution in [3.63, 3.8) is 0 Å². The standard InChI is InChI=1S/C8H10/c1-2-6-7-3-5(1)8(6,7)4-7/h5-6H,1-4H2/t5?,6?,7-,8?/m0/s1. The molecular formula is C8H10. The van der Waals surface area contributed by atoms with E-state index in [0.29, 0.717) is 0 Å². The van der Waals surface area contributed by atoms with E-state index in [1.165, 1.54) is 11.8 Å². The van der Waals surface area contributed by atoms with Gasteiger partial charge < -0.3 is 0 Å². The summed E-state index contributed by atoms with van der Waals surface area (Å²) >= 11 is 0. The molecule has 0 heteroatoms. The highest BCUT2D eigenvalue weighted by Gasteiger charge is 3.00. The monoisotopic (exact) mass is 106 g/mol. The first-order valence-corrected chi connectivity index (χ1v) is 3.90. The average Bonchev–Trinajstić information content (AvgIpc) is 2.30. The maximum Gasteiger partial charge on any atom is -0.0170 e. The van der Waals surface area contributed by atoms with Crippen molar-refractivity contribution in [1.82, 2.24) is 0 Å². The van der Waals surface area contributed by atoms with Crippen LogP contribution in [0.3, 0.4) is 0 Å². The lowest BCUT2D eigenvalue weighted by molar-refractivity contribution is 0.269. The van der Waals surface area contributed by atoms with Crippen molar-refractivity contribution in [2.45, 2.75) is 25.7 Å². The first kappa shape index (κ1) is 3.24. The number of hydrogen-bond donors (Lipinski definition) is 0. The first-order chi connectivity index (χ1) is 3.90. The minimum absolute atomic E-state index is 1.05. The molecule has 4 fully saturated rings. The smallest absolute Gasteiger partial charge is 0.0170 e. The second-order valence-corrected chi connectivity index (χ2v) is 4.40. The molecule has 4 rings (SSSR count). The topological polar surface area (TPSA) is 0 Å². The quantitative estimate of drug-likeness (QED) is 0.441. The van der Waals surface area contributed by atoms with E-state index < -0.39 is 0 Å². The van der Waals surface area contributed by atoms with Crippen molar-refractivity contribution in [2.24, 2.45) is 22.7 Å². The molecule has 4 saturated carbocycles. The lowest BCUT2D eigenvalue weighted by atomic mass is 9.82. The van der Waals surface area contributed by atoms with Gasteiger partial charge >= 0.3 is 0 Å². The molecule has 8 heavy (non-hydrogen) atoms. The van der Waals surface area contributed by atoms with Crippen LogP contribution in [0.1, 0.15) is 25.7 Å². The van der Waals surface area contributed by atoms with Crippen LogP contribution in [0.4, 0.5) is 0 Å². The van der Waals surface area contributed by atoms with E-state index in [9.17, 15) is 0 Å². The van der Waals surface area contributed by atoms with Crippen LogP contribution in [-0.2, 0) is 0 Å². The lowest BCUT2D eigenvalue weighted by Gasteiger charge is -2.22. The summed E-state index contributed by atoms with van der Waals surface area (Å²) in [5, 5.41) is 0. The van der Waals surface area contributed by atoms with Gasteiger partial charge in [0.2, 0.25) is 0 Å². The molecule has 0 saturated heterocycles. The first-order valence-electron chi connectivity index (χ1n) is 3.90. The molecule has 0 aromatic rings. The van der Waals surface area contributed by atoms with Crippen LogP contribution in [0, 0.1) is 22.7 Å². The summed E-state index contributed by atoms with van der Waals surface area (Å²) < 4.78 is 0. The van der Waals surface area contributed by atoms with Crippen molar-refractivity contribution < 1.29 is 0 Å². The van der Waals surface area contributed by atoms with E-state index in [1.807, 2.05) is 0 Å². The Morgan fingerprint density at radius 3 is 2.50 bits per heavy atom. The normalized spacial score (nSPS) is 87.0. The fourth-order valence-corrected chi connectivity index (χ4v) is 4.38. The van der Waals surface area contributed by atoms with Crippen molar-refractivity contribution in [1.29, 1.82) is 0 Å². The Balaban J connectivity index is 2.07. The van der Waals surface area contributed by atoms with Crippen LogP contribution in [0.2, 0.25) is 0 Å². The molecule has 0 heterocycles. The van der Waals surface area contributed by atoms with Crippen molar-refractivity contribution in [3.8, 4) is 0 Å². The van der Waals surface area contributed by atoms with Crippen LogP contribution in [-0.4, -0.2) is 0 Å². The molecule has 0 bridgehead atoms. The van der Waals surface area contributed by atoms with Gasteiger partial charge in [-0.3, -0.25) is 0 Å². The number of rotatable bonds is 0. The number of hydrogen-bond acceptors (Lipinski definition) is 0. The highest BCUT2D eigenvalue weighted by molar-refractivity contribution is 5.47. The van der Waals surface area contributed by atoms with Crippen LogP contribution < -0.4 is 0 Å². The Hall–Kier alpha value is 0. The van der Waals surface area contributed by atoms with Gasteiger partial charge in [-0.1, -0.05) is 0 Å². The van der Waals surface area contributed by atoms with Gasteiger partial charge in [0.15, 0.2) is 0 Å². The average molecular weight is 106 g/mol. The predicted molar refractivity (Wildman–Crippen MR) is 30.3 cm³/mol. The fourth-order valence-electron chi connectivity index (χ4n) is 4.38. The van der Waals surface area contributed by atoms with E-state index in [0.717, 1.165) is 10.8 Å². The van der Waals surface area contributed by atoms with Crippen LogP contribution in [0.25, 0.3) is 0 Å². The Bertz CT molecular complexity index is 188. The Kier molecular flexibility index (Phi) is 0.211. The molecule has 4 atom stereocenters. The van der Waals surface area contributed by atoms with Crippen LogP contribution in [0.15, 0.2) is 0 Å². The summed E-state index contributed by atoms with van der Waals surface area (Å²) in [5.74, 6) is 2.52. The van der Waals surface area contributed by atoms with E-state index in [4.69, 9.17) is 0 Å². The summed E-state index contributed by atoms with van der Waals surface area (Å²) in [4.78, 5) is 0. The van der Waals surface area contributed by atoms with Gasteiger partial charge in [-0.2, -0.15) is 0 Å². The van der Waals surface area contributed by atoms with Gasteiger partial charge in [0.1, 0.15) is 0 Å². The molecule has 0 radical (unpaired) electrons. The summed E-state index contributed by atoms with van der Waals surface area (Å²) in [7, 11) is 0. The molecule has 1 spiro atoms. The molecule has 0 aromatic heterocycles. The minimum atomic E-state index is 1.05. The molecule has 4 aliphatic rings. The van der Waals surface area contributed by atoms with E-state index >= 15 is 0 Å². The van der Waals surface area contributed by atoms with Gasteiger partial charge in [-0.15, -0.1) is 0 Å². The summed E-state index contributed by atoms with van der Waals surface area (Å²) in [6.45, 7) is 0. The van der Waals surface area contributed by atoms with E-state index in [1.54, 1.807) is 25.7 Å². The highest BCUT2D eigenvalue weighted by Crippen LogP contribution is 3.06. The Morgan fingerprint density at radius 1 is 1.25 bits per heavy atom. The highest BCUT2D eigenvalue weighted by atomic mass is 15.0. The Morgan fingerprint density at radius 2 is 2.25 bits per heavy atom. The van der Waals surface area contributed by atoms with Gasteiger partial charge in [-0.25, -0.2) is 0 Å². The van der Waals surface area contributed by atoms with Gasteiger partial charge in [0, 0.05) is 0 Å². The maximum absolute atomic E-state index is 1.66. The van der Waals surface area contributed by atoms with Crippen molar-refractivity contribution in [2.75, 3.05) is 0 Å². The largest absolute Gasteiger partial charge is 0.0496 e. The van der Waals surface area contributed by atoms with Gasteiger partial charge in [-0.05, 0) is 48.3 Å². The van der Waals surface area contributed by atoms with E-state index in [2.05, 4.69) is 0 Å². The molecular weight excluding hydrogens is 96.1 g/mol. The predicted octanol–water partition coefficient (Wildman–Crippen LogP) is 1.81. The zero-order valence-electron chi connectivity index (χ0n) is 4.98.